The lowest BCUT2D eigenvalue weighted by Gasteiger charge is -2.08. The largest absolute Gasteiger partial charge is 0.364 e. The lowest BCUT2D eigenvalue weighted by atomic mass is 10.1. The maximum atomic E-state index is 13.6. The highest BCUT2D eigenvalue weighted by atomic mass is 19.1. The summed E-state index contributed by atoms with van der Waals surface area (Å²) in [5.74, 6) is 0.815. The van der Waals surface area contributed by atoms with E-state index in [0.717, 1.165) is 5.56 Å². The van der Waals surface area contributed by atoms with E-state index in [1.165, 1.54) is 6.07 Å². The number of halogens is 1. The Bertz CT molecular complexity index is 781. The van der Waals surface area contributed by atoms with Crippen molar-refractivity contribution in [2.45, 2.75) is 13.0 Å². The highest BCUT2D eigenvalue weighted by Crippen LogP contribution is 2.09. The fourth-order valence-electron chi connectivity index (χ4n) is 2.17. The third kappa shape index (κ3) is 4.45. The average molecular weight is 324 g/mol. The van der Waals surface area contributed by atoms with E-state index in [4.69, 9.17) is 0 Å². The van der Waals surface area contributed by atoms with Crippen LogP contribution in [0.3, 0.4) is 0 Å². The lowest BCUT2D eigenvalue weighted by molar-refractivity contribution is 0.610. The summed E-state index contributed by atoms with van der Waals surface area (Å²) in [6.45, 7) is 1.12. The van der Waals surface area contributed by atoms with Gasteiger partial charge < -0.3 is 10.6 Å². The van der Waals surface area contributed by atoms with Crippen molar-refractivity contribution in [2.24, 2.45) is 0 Å². The summed E-state index contributed by atoms with van der Waals surface area (Å²) < 4.78 is 13.6. The topological polar surface area (TPSA) is 75.6 Å². The summed E-state index contributed by atoms with van der Waals surface area (Å²) in [5, 5.41) is 14.1. The van der Waals surface area contributed by atoms with E-state index < -0.39 is 0 Å². The van der Waals surface area contributed by atoms with Crippen molar-refractivity contribution in [3.63, 3.8) is 0 Å². The Hall–Kier alpha value is -3.09. The van der Waals surface area contributed by atoms with Crippen LogP contribution in [0.15, 0.2) is 55.0 Å². The molecule has 0 saturated heterocycles. The van der Waals surface area contributed by atoms with Gasteiger partial charge in [-0.15, -0.1) is 5.10 Å². The maximum absolute atomic E-state index is 13.6. The van der Waals surface area contributed by atoms with Crippen LogP contribution in [0, 0.1) is 5.82 Å². The number of hydrogen-bond acceptors (Lipinski definition) is 6. The molecular formula is C17H17FN6. The predicted octanol–water partition coefficient (Wildman–Crippen LogP) is 2.67. The zero-order valence-electron chi connectivity index (χ0n) is 13.0. The van der Waals surface area contributed by atoms with Gasteiger partial charge in [-0.1, -0.05) is 24.3 Å². The van der Waals surface area contributed by atoms with Crippen LogP contribution in [0.4, 0.5) is 16.2 Å². The van der Waals surface area contributed by atoms with Crippen LogP contribution in [0.2, 0.25) is 0 Å². The third-order valence-electron chi connectivity index (χ3n) is 3.39. The van der Waals surface area contributed by atoms with Gasteiger partial charge in [-0.3, -0.25) is 4.98 Å². The van der Waals surface area contributed by atoms with Crippen molar-refractivity contribution < 1.29 is 4.39 Å². The van der Waals surface area contributed by atoms with E-state index in [1.54, 1.807) is 30.7 Å². The second kappa shape index (κ2) is 7.96. The molecule has 0 radical (unpaired) electrons. The highest BCUT2D eigenvalue weighted by Gasteiger charge is 2.03. The number of hydrogen-bond donors (Lipinski definition) is 2. The molecule has 0 spiro atoms. The molecule has 1 aromatic carbocycles. The molecule has 0 bridgehead atoms. The molecule has 122 valence electrons. The smallest absolute Gasteiger partial charge is 0.244 e. The molecule has 7 heteroatoms. The maximum Gasteiger partial charge on any atom is 0.244 e. The van der Waals surface area contributed by atoms with Crippen molar-refractivity contribution in [3.05, 3.63) is 71.9 Å². The first-order valence-electron chi connectivity index (χ1n) is 7.61. The van der Waals surface area contributed by atoms with Crippen molar-refractivity contribution in [3.8, 4) is 0 Å². The molecule has 0 aliphatic carbocycles. The van der Waals surface area contributed by atoms with E-state index in [2.05, 4.69) is 30.8 Å². The van der Waals surface area contributed by atoms with Crippen molar-refractivity contribution >= 4 is 11.8 Å². The molecule has 0 aliphatic heterocycles. The molecule has 3 aromatic rings. The zero-order chi connectivity index (χ0) is 16.6. The van der Waals surface area contributed by atoms with Crippen LogP contribution < -0.4 is 10.6 Å². The van der Waals surface area contributed by atoms with Gasteiger partial charge in [0, 0.05) is 25.5 Å². The summed E-state index contributed by atoms with van der Waals surface area (Å²) in [6, 6.07) is 10.6. The minimum Gasteiger partial charge on any atom is -0.364 e. The number of rotatable bonds is 7. The molecule has 0 unspecified atom stereocenters. The number of pyridine rings is 1. The minimum atomic E-state index is -0.203. The lowest BCUT2D eigenvalue weighted by Crippen LogP contribution is -2.11. The molecule has 3 rings (SSSR count). The van der Waals surface area contributed by atoms with Gasteiger partial charge in [-0.05, 0) is 29.7 Å². The molecule has 0 saturated carbocycles. The summed E-state index contributed by atoms with van der Waals surface area (Å²) in [6.07, 6.45) is 5.62. The number of nitrogens with zero attached hydrogens (tertiary/aromatic N) is 4. The van der Waals surface area contributed by atoms with Crippen LogP contribution in [0.5, 0.6) is 0 Å². The number of aromatic nitrogens is 4. The molecule has 0 aliphatic rings. The molecule has 0 amide bonds. The average Bonchev–Trinajstić information content (AvgIpc) is 2.63. The normalized spacial score (nSPS) is 10.4. The molecule has 2 aromatic heterocycles. The highest BCUT2D eigenvalue weighted by molar-refractivity contribution is 5.37. The first kappa shape index (κ1) is 15.8. The monoisotopic (exact) mass is 324 g/mol. The zero-order valence-corrected chi connectivity index (χ0v) is 13.0. The molecule has 2 heterocycles. The van der Waals surface area contributed by atoms with Crippen molar-refractivity contribution in [1.82, 2.24) is 20.2 Å². The summed E-state index contributed by atoms with van der Waals surface area (Å²) in [4.78, 5) is 8.39. The van der Waals surface area contributed by atoms with E-state index in [1.807, 2.05) is 18.2 Å². The summed E-state index contributed by atoms with van der Waals surface area (Å²) >= 11 is 0. The van der Waals surface area contributed by atoms with E-state index >= 15 is 0 Å². The summed E-state index contributed by atoms with van der Waals surface area (Å²) in [7, 11) is 0. The van der Waals surface area contributed by atoms with Gasteiger partial charge in [0.05, 0.1) is 6.20 Å². The van der Waals surface area contributed by atoms with Crippen LogP contribution in [-0.2, 0) is 13.0 Å². The van der Waals surface area contributed by atoms with Crippen LogP contribution in [-0.4, -0.2) is 26.7 Å². The van der Waals surface area contributed by atoms with Crippen molar-refractivity contribution in [2.75, 3.05) is 17.2 Å². The molecule has 0 fully saturated rings. The Morgan fingerprint density at radius 3 is 2.75 bits per heavy atom. The van der Waals surface area contributed by atoms with Gasteiger partial charge in [0.2, 0.25) is 5.95 Å². The Kier molecular flexibility index (Phi) is 5.24. The van der Waals surface area contributed by atoms with Gasteiger partial charge >= 0.3 is 0 Å². The first-order valence-corrected chi connectivity index (χ1v) is 7.61. The Morgan fingerprint density at radius 2 is 1.92 bits per heavy atom. The molecule has 2 N–H and O–H groups in total. The third-order valence-corrected chi connectivity index (χ3v) is 3.39. The predicted molar refractivity (Wildman–Crippen MR) is 90.0 cm³/mol. The Balaban J connectivity index is 1.52. The van der Waals surface area contributed by atoms with Gasteiger partial charge in [-0.2, -0.15) is 10.1 Å². The van der Waals surface area contributed by atoms with Gasteiger partial charge in [0.15, 0.2) is 5.82 Å². The van der Waals surface area contributed by atoms with E-state index in [0.29, 0.717) is 36.8 Å². The second-order valence-corrected chi connectivity index (χ2v) is 5.15. The van der Waals surface area contributed by atoms with Crippen LogP contribution in [0.25, 0.3) is 0 Å². The second-order valence-electron chi connectivity index (χ2n) is 5.15. The minimum absolute atomic E-state index is 0.203. The first-order chi connectivity index (χ1) is 11.8. The fourth-order valence-corrected chi connectivity index (χ4v) is 2.17. The number of benzene rings is 1. The van der Waals surface area contributed by atoms with Crippen LogP contribution in [0.1, 0.15) is 11.1 Å². The van der Waals surface area contributed by atoms with Crippen LogP contribution >= 0.6 is 0 Å². The fraction of sp³-hybridized carbons (Fsp3) is 0.176. The Labute approximate surface area is 139 Å². The van der Waals surface area contributed by atoms with Gasteiger partial charge in [-0.25, -0.2) is 4.39 Å². The Morgan fingerprint density at radius 1 is 1.00 bits per heavy atom. The molecule has 24 heavy (non-hydrogen) atoms. The number of nitrogens with one attached hydrogen (secondary N) is 2. The SMILES string of the molecule is Fc1ccccc1CCNc1nncc(NCc2cccnc2)n1. The van der Waals surface area contributed by atoms with Gasteiger partial charge in [0.1, 0.15) is 5.82 Å². The molecule has 6 nitrogen and oxygen atoms in total. The van der Waals surface area contributed by atoms with Crippen molar-refractivity contribution in [1.29, 1.82) is 0 Å². The molecule has 0 atom stereocenters. The molecular weight excluding hydrogens is 307 g/mol. The van der Waals surface area contributed by atoms with E-state index in [9.17, 15) is 4.39 Å². The summed E-state index contributed by atoms with van der Waals surface area (Å²) in [5.41, 5.74) is 1.70. The van der Waals surface area contributed by atoms with Gasteiger partial charge in [0.25, 0.3) is 0 Å². The standard InChI is InChI=1S/C17H17FN6/c18-15-6-2-1-5-14(15)7-9-20-17-23-16(12-22-24-17)21-11-13-4-3-8-19-10-13/h1-6,8,10,12H,7,9,11H2,(H2,20,21,23,24). The van der Waals surface area contributed by atoms with E-state index in [-0.39, 0.29) is 5.82 Å². The quantitative estimate of drug-likeness (QED) is 0.696. The number of anilines is 2.